The maximum absolute atomic E-state index is 7.22. The molecular formula is C18H23N3. The highest BCUT2D eigenvalue weighted by molar-refractivity contribution is 5.87. The van der Waals surface area contributed by atoms with E-state index in [9.17, 15) is 0 Å². The van der Waals surface area contributed by atoms with E-state index in [0.717, 1.165) is 23.7 Å². The molecule has 0 spiro atoms. The Hall–Kier alpha value is -1.79. The van der Waals surface area contributed by atoms with Crippen molar-refractivity contribution in [1.29, 1.82) is 0 Å². The van der Waals surface area contributed by atoms with Crippen LogP contribution in [0.1, 0.15) is 37.7 Å². The molecule has 1 aliphatic rings. The first-order valence-corrected chi connectivity index (χ1v) is 7.90. The summed E-state index contributed by atoms with van der Waals surface area (Å²) < 4.78 is 0. The van der Waals surface area contributed by atoms with Crippen LogP contribution in [0.15, 0.2) is 24.4 Å². The zero-order valence-electron chi connectivity index (χ0n) is 12.9. The van der Waals surface area contributed by atoms with Crippen LogP contribution in [0.5, 0.6) is 0 Å². The quantitative estimate of drug-likeness (QED) is 0.816. The van der Waals surface area contributed by atoms with E-state index in [-0.39, 0.29) is 0 Å². The first-order valence-electron chi connectivity index (χ1n) is 7.90. The monoisotopic (exact) mass is 281 g/mol. The molecule has 0 amide bonds. The van der Waals surface area contributed by atoms with E-state index in [2.05, 4.69) is 34.9 Å². The Morgan fingerprint density at radius 1 is 1.38 bits per heavy atom. The summed E-state index contributed by atoms with van der Waals surface area (Å²) in [6.07, 6.45) is 6.09. The molecule has 0 radical (unpaired) electrons. The van der Waals surface area contributed by atoms with Gasteiger partial charge in [0.15, 0.2) is 5.69 Å². The van der Waals surface area contributed by atoms with Gasteiger partial charge in [-0.3, -0.25) is 0 Å². The van der Waals surface area contributed by atoms with Gasteiger partial charge in [-0.15, -0.1) is 0 Å². The van der Waals surface area contributed by atoms with Gasteiger partial charge in [0, 0.05) is 18.3 Å². The van der Waals surface area contributed by atoms with Crippen molar-refractivity contribution < 1.29 is 0 Å². The first kappa shape index (κ1) is 14.2. The number of rotatable bonds is 4. The number of aromatic amines is 1. The molecule has 0 saturated heterocycles. The molecule has 1 saturated carbocycles. The highest BCUT2D eigenvalue weighted by atomic mass is 15.1. The molecule has 1 aliphatic carbocycles. The molecule has 3 rings (SSSR count). The van der Waals surface area contributed by atoms with E-state index in [1.807, 2.05) is 18.2 Å². The predicted molar refractivity (Wildman–Crippen MR) is 87.8 cm³/mol. The third-order valence-electron chi connectivity index (χ3n) is 4.97. The highest BCUT2D eigenvalue weighted by Gasteiger charge is 2.30. The van der Waals surface area contributed by atoms with Crippen LogP contribution in [0.4, 0.5) is 5.69 Å². The van der Waals surface area contributed by atoms with Gasteiger partial charge in [-0.1, -0.05) is 19.4 Å². The molecule has 3 nitrogen and oxygen atoms in total. The number of nitrogens with zero attached hydrogens (tertiary/aromatic N) is 2. The Bertz CT molecular complexity index is 665. The summed E-state index contributed by atoms with van der Waals surface area (Å²) in [6, 6.07) is 5.98. The normalized spacial score (nSPS) is 22.0. The van der Waals surface area contributed by atoms with Gasteiger partial charge in [0.25, 0.3) is 0 Å². The molecular weight excluding hydrogens is 258 g/mol. The smallest absolute Gasteiger partial charge is 0.187 e. The minimum absolute atomic E-state index is 0.633. The van der Waals surface area contributed by atoms with Crippen molar-refractivity contribution >= 4 is 16.6 Å². The SMILES string of the molecule is [C-]#[N+]c1ccc2[nH]cc([C@H]3CCC[C@@H]3CN(C)CC)c2c1. The zero-order valence-corrected chi connectivity index (χ0v) is 12.9. The van der Waals surface area contributed by atoms with Crippen LogP contribution >= 0.6 is 0 Å². The largest absolute Gasteiger partial charge is 0.361 e. The Labute approximate surface area is 126 Å². The van der Waals surface area contributed by atoms with Crippen molar-refractivity contribution in [1.82, 2.24) is 9.88 Å². The molecule has 21 heavy (non-hydrogen) atoms. The first-order chi connectivity index (χ1) is 10.2. The second kappa shape index (κ2) is 5.91. The third-order valence-corrected chi connectivity index (χ3v) is 4.97. The average molecular weight is 281 g/mol. The molecule has 3 heteroatoms. The summed E-state index contributed by atoms with van der Waals surface area (Å²) in [5, 5.41) is 1.25. The number of hydrogen-bond acceptors (Lipinski definition) is 1. The Morgan fingerprint density at radius 2 is 2.24 bits per heavy atom. The molecule has 1 fully saturated rings. The second-order valence-electron chi connectivity index (χ2n) is 6.24. The Balaban J connectivity index is 1.93. The van der Waals surface area contributed by atoms with Crippen LogP contribution in [0.2, 0.25) is 0 Å². The van der Waals surface area contributed by atoms with Crippen molar-refractivity contribution in [2.75, 3.05) is 20.1 Å². The lowest BCUT2D eigenvalue weighted by molar-refractivity contribution is 0.277. The van der Waals surface area contributed by atoms with Crippen LogP contribution in [0, 0.1) is 12.5 Å². The van der Waals surface area contributed by atoms with Crippen molar-refractivity contribution in [2.45, 2.75) is 32.1 Å². The molecule has 2 aromatic rings. The van der Waals surface area contributed by atoms with E-state index in [0.29, 0.717) is 5.92 Å². The van der Waals surface area contributed by atoms with E-state index in [1.165, 1.54) is 36.8 Å². The fraction of sp³-hybridized carbons (Fsp3) is 0.500. The van der Waals surface area contributed by atoms with E-state index in [4.69, 9.17) is 6.57 Å². The topological polar surface area (TPSA) is 23.4 Å². The number of benzene rings is 1. The van der Waals surface area contributed by atoms with E-state index in [1.54, 1.807) is 0 Å². The minimum Gasteiger partial charge on any atom is -0.361 e. The van der Waals surface area contributed by atoms with Crippen LogP contribution in [-0.4, -0.2) is 30.0 Å². The molecule has 1 heterocycles. The lowest BCUT2D eigenvalue weighted by Crippen LogP contribution is -2.26. The molecule has 110 valence electrons. The molecule has 0 bridgehead atoms. The van der Waals surface area contributed by atoms with Gasteiger partial charge < -0.3 is 9.88 Å². The average Bonchev–Trinajstić information content (AvgIpc) is 3.12. The summed E-state index contributed by atoms with van der Waals surface area (Å²) in [7, 11) is 2.21. The van der Waals surface area contributed by atoms with E-state index < -0.39 is 0 Å². The maximum Gasteiger partial charge on any atom is 0.187 e. The lowest BCUT2D eigenvalue weighted by atomic mass is 9.88. The van der Waals surface area contributed by atoms with Crippen LogP contribution in [0.3, 0.4) is 0 Å². The van der Waals surface area contributed by atoms with Crippen molar-refractivity contribution in [2.24, 2.45) is 5.92 Å². The van der Waals surface area contributed by atoms with Gasteiger partial charge in [0.2, 0.25) is 0 Å². The standard InChI is InChI=1S/C18H23N3/c1-4-21(3)12-13-6-5-7-15(13)17-11-20-18-9-8-14(19-2)10-16(17)18/h8-11,13,15,20H,4-7,12H2,1,3H3/t13-,15+/m1/s1. The summed E-state index contributed by atoms with van der Waals surface area (Å²) >= 11 is 0. The molecule has 2 atom stereocenters. The zero-order chi connectivity index (χ0) is 14.8. The number of aromatic nitrogens is 1. The van der Waals surface area contributed by atoms with Gasteiger partial charge >= 0.3 is 0 Å². The molecule has 0 unspecified atom stereocenters. The summed E-state index contributed by atoms with van der Waals surface area (Å²) in [6.45, 7) is 11.7. The fourth-order valence-electron chi connectivity index (χ4n) is 3.70. The number of H-pyrrole nitrogens is 1. The fourth-order valence-corrected chi connectivity index (χ4v) is 3.70. The third kappa shape index (κ3) is 2.69. The van der Waals surface area contributed by atoms with Crippen molar-refractivity contribution in [3.8, 4) is 0 Å². The van der Waals surface area contributed by atoms with E-state index >= 15 is 0 Å². The van der Waals surface area contributed by atoms with Gasteiger partial charge in [-0.05, 0) is 61.4 Å². The van der Waals surface area contributed by atoms with Crippen molar-refractivity contribution in [3.63, 3.8) is 0 Å². The molecule has 0 aliphatic heterocycles. The van der Waals surface area contributed by atoms with Crippen LogP contribution < -0.4 is 0 Å². The van der Waals surface area contributed by atoms with Crippen LogP contribution in [0.25, 0.3) is 15.7 Å². The van der Waals surface area contributed by atoms with Crippen LogP contribution in [-0.2, 0) is 0 Å². The molecule has 1 N–H and O–H groups in total. The minimum atomic E-state index is 0.633. The van der Waals surface area contributed by atoms with Gasteiger partial charge in [-0.2, -0.15) is 0 Å². The Kier molecular flexibility index (Phi) is 3.98. The number of nitrogens with one attached hydrogen (secondary N) is 1. The second-order valence-corrected chi connectivity index (χ2v) is 6.24. The summed E-state index contributed by atoms with van der Waals surface area (Å²) in [4.78, 5) is 9.38. The summed E-state index contributed by atoms with van der Waals surface area (Å²) in [5.74, 6) is 1.37. The van der Waals surface area contributed by atoms with Gasteiger partial charge in [0.1, 0.15) is 0 Å². The predicted octanol–water partition coefficient (Wildman–Crippen LogP) is 4.55. The highest BCUT2D eigenvalue weighted by Crippen LogP contribution is 2.43. The molecule has 1 aromatic heterocycles. The van der Waals surface area contributed by atoms with Crippen molar-refractivity contribution in [3.05, 3.63) is 41.4 Å². The number of fused-ring (bicyclic) bond motifs is 1. The lowest BCUT2D eigenvalue weighted by Gasteiger charge is -2.24. The maximum atomic E-state index is 7.22. The number of hydrogen-bond donors (Lipinski definition) is 1. The molecule has 1 aromatic carbocycles. The summed E-state index contributed by atoms with van der Waals surface area (Å²) in [5.41, 5.74) is 3.32. The Morgan fingerprint density at radius 3 is 3.00 bits per heavy atom. The van der Waals surface area contributed by atoms with Gasteiger partial charge in [0.05, 0.1) is 6.57 Å². The van der Waals surface area contributed by atoms with Gasteiger partial charge in [-0.25, -0.2) is 4.85 Å².